The zero-order chi connectivity index (χ0) is 23.8. The fourth-order valence-corrected chi connectivity index (χ4v) is 5.69. The van der Waals surface area contributed by atoms with Gasteiger partial charge in [0.2, 0.25) is 5.91 Å². The Morgan fingerprint density at radius 2 is 1.82 bits per heavy atom. The van der Waals surface area contributed by atoms with E-state index in [1.165, 1.54) is 18.2 Å². The highest BCUT2D eigenvalue weighted by Gasteiger charge is 2.47. The molecule has 1 unspecified atom stereocenters. The number of ether oxygens (including phenoxy) is 1. The SMILES string of the molecule is O=C(O)CC1CC2(CCN(C(=O)Cc3ccccc3OC(F)(F)F)CC2)c2c(Cl)cccc21. The Bertz CT molecular complexity index is 1060. The van der Waals surface area contributed by atoms with Crippen LogP contribution >= 0.6 is 11.6 Å². The van der Waals surface area contributed by atoms with E-state index in [9.17, 15) is 27.9 Å². The minimum Gasteiger partial charge on any atom is -0.481 e. The summed E-state index contributed by atoms with van der Waals surface area (Å²) in [5.74, 6) is -1.65. The van der Waals surface area contributed by atoms with Gasteiger partial charge in [-0.05, 0) is 48.4 Å². The van der Waals surface area contributed by atoms with Crippen molar-refractivity contribution in [1.82, 2.24) is 4.90 Å². The van der Waals surface area contributed by atoms with E-state index in [1.54, 1.807) is 17.0 Å². The summed E-state index contributed by atoms with van der Waals surface area (Å²) in [4.78, 5) is 25.9. The highest BCUT2D eigenvalue weighted by atomic mass is 35.5. The van der Waals surface area contributed by atoms with Crippen molar-refractivity contribution in [3.63, 3.8) is 0 Å². The molecule has 2 aliphatic rings. The smallest absolute Gasteiger partial charge is 0.481 e. The lowest BCUT2D eigenvalue weighted by molar-refractivity contribution is -0.274. The van der Waals surface area contributed by atoms with Crippen LogP contribution in [0.25, 0.3) is 0 Å². The van der Waals surface area contributed by atoms with Gasteiger partial charge in [0.05, 0.1) is 12.8 Å². The fraction of sp³-hybridized carbons (Fsp3) is 0.417. The molecule has 1 saturated heterocycles. The molecule has 9 heteroatoms. The first kappa shape index (κ1) is 23.4. The summed E-state index contributed by atoms with van der Waals surface area (Å²) in [6.07, 6.45) is -3.12. The number of amides is 1. The Balaban J connectivity index is 1.48. The van der Waals surface area contributed by atoms with Gasteiger partial charge in [0.1, 0.15) is 5.75 Å². The third-order valence-corrected chi connectivity index (χ3v) is 7.00. The highest BCUT2D eigenvalue weighted by Crippen LogP contribution is 2.55. The molecule has 1 spiro atoms. The monoisotopic (exact) mass is 481 g/mol. The second kappa shape index (κ2) is 8.89. The van der Waals surface area contributed by atoms with E-state index in [2.05, 4.69) is 4.74 Å². The maximum absolute atomic E-state index is 12.9. The number of piperidine rings is 1. The number of hydrogen-bond acceptors (Lipinski definition) is 3. The maximum atomic E-state index is 12.9. The van der Waals surface area contributed by atoms with Crippen molar-refractivity contribution in [3.05, 3.63) is 64.2 Å². The summed E-state index contributed by atoms with van der Waals surface area (Å²) < 4.78 is 42.1. The van der Waals surface area contributed by atoms with Crippen LogP contribution in [0, 0.1) is 0 Å². The van der Waals surface area contributed by atoms with Gasteiger partial charge in [0.25, 0.3) is 0 Å². The van der Waals surface area contributed by atoms with E-state index in [4.69, 9.17) is 11.6 Å². The minimum atomic E-state index is -4.84. The van der Waals surface area contributed by atoms with E-state index in [1.807, 2.05) is 12.1 Å². The van der Waals surface area contributed by atoms with E-state index in [0.29, 0.717) is 37.4 Å². The van der Waals surface area contributed by atoms with Crippen molar-refractivity contribution < 1.29 is 32.6 Å². The Morgan fingerprint density at radius 3 is 2.48 bits per heavy atom. The van der Waals surface area contributed by atoms with Crippen LogP contribution in [-0.2, 0) is 21.4 Å². The Labute approximate surface area is 194 Å². The molecule has 0 saturated carbocycles. The number of benzene rings is 2. The molecular weight excluding hydrogens is 459 g/mol. The number of nitrogens with zero attached hydrogens (tertiary/aromatic N) is 1. The molecule has 1 heterocycles. The summed E-state index contributed by atoms with van der Waals surface area (Å²) in [5.41, 5.74) is 1.81. The molecule has 1 atom stereocenters. The molecule has 1 aliphatic carbocycles. The van der Waals surface area contributed by atoms with E-state index in [0.717, 1.165) is 11.1 Å². The molecule has 1 amide bonds. The minimum absolute atomic E-state index is 0.0216. The zero-order valence-corrected chi connectivity index (χ0v) is 18.5. The van der Waals surface area contributed by atoms with Gasteiger partial charge in [-0.25, -0.2) is 0 Å². The van der Waals surface area contributed by atoms with Crippen LogP contribution in [0.1, 0.15) is 48.3 Å². The predicted octanol–water partition coefficient (Wildman–Crippen LogP) is 5.30. The lowest BCUT2D eigenvalue weighted by Crippen LogP contribution is -2.45. The Hall–Kier alpha value is -2.74. The third kappa shape index (κ3) is 4.95. The number of rotatable bonds is 5. The molecule has 0 aromatic heterocycles. The standard InChI is InChI=1S/C24H23ClF3NO4/c25-18-6-3-5-17-16(13-21(31)32)14-23(22(17)18)8-10-29(11-9-23)20(30)12-15-4-1-2-7-19(15)33-24(26,27)28/h1-7,16H,8-14H2,(H,31,32). The van der Waals surface area contributed by atoms with Crippen molar-refractivity contribution in [1.29, 1.82) is 0 Å². The fourth-order valence-electron chi connectivity index (χ4n) is 5.30. The summed E-state index contributed by atoms with van der Waals surface area (Å²) in [6.45, 7) is 0.844. The molecule has 2 aromatic rings. The summed E-state index contributed by atoms with van der Waals surface area (Å²) in [5, 5.41) is 9.95. The molecule has 4 rings (SSSR count). The normalized spacial score (nSPS) is 19.4. The van der Waals surface area contributed by atoms with Crippen LogP contribution in [0.2, 0.25) is 5.02 Å². The topological polar surface area (TPSA) is 66.8 Å². The highest BCUT2D eigenvalue weighted by molar-refractivity contribution is 6.31. The van der Waals surface area contributed by atoms with Gasteiger partial charge in [-0.3, -0.25) is 9.59 Å². The number of carboxylic acids is 1. The number of para-hydroxylation sites is 1. The molecular formula is C24H23ClF3NO4. The quantitative estimate of drug-likeness (QED) is 0.629. The predicted molar refractivity (Wildman–Crippen MR) is 115 cm³/mol. The molecule has 1 aliphatic heterocycles. The number of halogens is 4. The summed E-state index contributed by atoms with van der Waals surface area (Å²) >= 11 is 6.54. The summed E-state index contributed by atoms with van der Waals surface area (Å²) in [7, 11) is 0. The van der Waals surface area contributed by atoms with Crippen LogP contribution < -0.4 is 4.74 Å². The van der Waals surface area contributed by atoms with Crippen LogP contribution in [-0.4, -0.2) is 41.3 Å². The van der Waals surface area contributed by atoms with Gasteiger partial charge in [0.15, 0.2) is 0 Å². The number of carboxylic acid groups (broad SMARTS) is 1. The zero-order valence-electron chi connectivity index (χ0n) is 17.7. The third-order valence-electron chi connectivity index (χ3n) is 6.69. The summed E-state index contributed by atoms with van der Waals surface area (Å²) in [6, 6.07) is 11.2. The van der Waals surface area contributed by atoms with Gasteiger partial charge in [-0.15, -0.1) is 13.2 Å². The van der Waals surface area contributed by atoms with Gasteiger partial charge in [0, 0.05) is 29.1 Å². The first-order valence-electron chi connectivity index (χ1n) is 10.7. The Morgan fingerprint density at radius 1 is 1.12 bits per heavy atom. The van der Waals surface area contributed by atoms with Crippen molar-refractivity contribution >= 4 is 23.5 Å². The maximum Gasteiger partial charge on any atom is 0.573 e. The largest absolute Gasteiger partial charge is 0.573 e. The number of carbonyl (C=O) groups is 2. The first-order valence-corrected chi connectivity index (χ1v) is 11.1. The number of carbonyl (C=O) groups excluding carboxylic acids is 1. The van der Waals surface area contributed by atoms with Crippen LogP contribution in [0.5, 0.6) is 5.75 Å². The van der Waals surface area contributed by atoms with E-state index >= 15 is 0 Å². The number of hydrogen-bond donors (Lipinski definition) is 1. The number of likely N-dealkylation sites (tertiary alicyclic amines) is 1. The average Bonchev–Trinajstić information content (AvgIpc) is 3.02. The van der Waals surface area contributed by atoms with Gasteiger partial charge in [-0.1, -0.05) is 41.9 Å². The second-order valence-electron chi connectivity index (χ2n) is 8.70. The molecule has 1 fully saturated rings. The van der Waals surface area contributed by atoms with E-state index < -0.39 is 12.3 Å². The molecule has 2 aromatic carbocycles. The molecule has 33 heavy (non-hydrogen) atoms. The molecule has 0 radical (unpaired) electrons. The Kier molecular flexibility index (Phi) is 6.31. The van der Waals surface area contributed by atoms with Crippen molar-refractivity contribution in [3.8, 4) is 5.75 Å². The molecule has 176 valence electrons. The first-order chi connectivity index (χ1) is 15.6. The lowest BCUT2D eigenvalue weighted by atomic mass is 9.73. The van der Waals surface area contributed by atoms with Crippen molar-refractivity contribution in [2.24, 2.45) is 0 Å². The number of fused-ring (bicyclic) bond motifs is 2. The van der Waals surface area contributed by atoms with E-state index in [-0.39, 0.29) is 41.4 Å². The van der Waals surface area contributed by atoms with Crippen molar-refractivity contribution in [2.45, 2.75) is 49.8 Å². The van der Waals surface area contributed by atoms with Gasteiger partial charge >= 0.3 is 12.3 Å². The van der Waals surface area contributed by atoms with Crippen LogP contribution in [0.4, 0.5) is 13.2 Å². The van der Waals surface area contributed by atoms with Crippen LogP contribution in [0.3, 0.4) is 0 Å². The average molecular weight is 482 g/mol. The van der Waals surface area contributed by atoms with Gasteiger partial charge in [-0.2, -0.15) is 0 Å². The van der Waals surface area contributed by atoms with Crippen LogP contribution in [0.15, 0.2) is 42.5 Å². The molecule has 0 bridgehead atoms. The number of aliphatic carboxylic acids is 1. The van der Waals surface area contributed by atoms with Gasteiger partial charge < -0.3 is 14.7 Å². The lowest BCUT2D eigenvalue weighted by Gasteiger charge is -2.41. The molecule has 5 nitrogen and oxygen atoms in total. The molecule has 1 N–H and O–H groups in total. The second-order valence-corrected chi connectivity index (χ2v) is 9.10. The number of alkyl halides is 3. The van der Waals surface area contributed by atoms with Crippen molar-refractivity contribution in [2.75, 3.05) is 13.1 Å².